The van der Waals surface area contributed by atoms with E-state index in [1.807, 2.05) is 30.3 Å². The van der Waals surface area contributed by atoms with Crippen LogP contribution in [0.5, 0.6) is 0 Å². The van der Waals surface area contributed by atoms with E-state index in [4.69, 9.17) is 9.68 Å². The molecule has 0 radical (unpaired) electrons. The van der Waals surface area contributed by atoms with Crippen molar-refractivity contribution in [3.05, 3.63) is 71.3 Å². The minimum Gasteiger partial charge on any atom is -0.421 e. The number of amides is 1. The Hall–Kier alpha value is -4.25. The number of nitriles is 1. The molecule has 2 heterocycles. The zero-order chi connectivity index (χ0) is 19.5. The smallest absolute Gasteiger partial charge is 0.362 e. The zero-order valence-corrected chi connectivity index (χ0v) is 14.5. The predicted octanol–water partition coefficient (Wildman–Crippen LogP) is 2.89. The van der Waals surface area contributed by atoms with Crippen LogP contribution in [0.25, 0.3) is 28.0 Å². The third-order valence-corrected chi connectivity index (χ3v) is 4.01. The third-order valence-electron chi connectivity index (χ3n) is 4.01. The van der Waals surface area contributed by atoms with Crippen molar-refractivity contribution in [3.8, 4) is 23.1 Å². The molecular weight excluding hydrogens is 358 g/mol. The SMILES string of the molecule is N#CCC(=O)Nc1ccc2cc(-n3cnc(-c4ccccc4)n3)c(=O)oc2c1. The van der Waals surface area contributed by atoms with Gasteiger partial charge in [-0.3, -0.25) is 4.79 Å². The van der Waals surface area contributed by atoms with Crippen molar-refractivity contribution in [2.75, 3.05) is 5.32 Å². The molecule has 4 aromatic rings. The average Bonchev–Trinajstić information content (AvgIpc) is 3.18. The second-order valence-corrected chi connectivity index (χ2v) is 5.93. The lowest BCUT2D eigenvalue weighted by atomic mass is 10.2. The maximum atomic E-state index is 12.4. The van der Waals surface area contributed by atoms with E-state index in [-0.39, 0.29) is 12.1 Å². The summed E-state index contributed by atoms with van der Waals surface area (Å²) in [4.78, 5) is 28.2. The van der Waals surface area contributed by atoms with E-state index >= 15 is 0 Å². The van der Waals surface area contributed by atoms with E-state index in [0.717, 1.165) is 5.56 Å². The third kappa shape index (κ3) is 3.37. The van der Waals surface area contributed by atoms with E-state index < -0.39 is 11.5 Å². The molecule has 4 rings (SSSR count). The Bertz CT molecular complexity index is 1270. The summed E-state index contributed by atoms with van der Waals surface area (Å²) in [6.45, 7) is 0. The number of nitrogens with zero attached hydrogens (tertiary/aromatic N) is 4. The first kappa shape index (κ1) is 17.2. The number of nitrogens with one attached hydrogen (secondary N) is 1. The van der Waals surface area contributed by atoms with E-state index in [1.54, 1.807) is 24.3 Å². The van der Waals surface area contributed by atoms with Gasteiger partial charge in [0.25, 0.3) is 0 Å². The lowest BCUT2D eigenvalue weighted by Crippen LogP contribution is -2.12. The molecule has 2 aromatic heterocycles. The number of aromatic nitrogens is 3. The van der Waals surface area contributed by atoms with Crippen LogP contribution in [0.4, 0.5) is 5.69 Å². The normalized spacial score (nSPS) is 10.5. The lowest BCUT2D eigenvalue weighted by molar-refractivity contribution is -0.115. The van der Waals surface area contributed by atoms with E-state index in [0.29, 0.717) is 22.5 Å². The van der Waals surface area contributed by atoms with E-state index in [9.17, 15) is 9.59 Å². The first-order valence-corrected chi connectivity index (χ1v) is 8.36. The molecule has 0 saturated carbocycles. The second-order valence-electron chi connectivity index (χ2n) is 5.93. The average molecular weight is 371 g/mol. The number of hydrogen-bond donors (Lipinski definition) is 1. The quantitative estimate of drug-likeness (QED) is 0.552. The summed E-state index contributed by atoms with van der Waals surface area (Å²) in [5.41, 5.74) is 1.23. The van der Waals surface area contributed by atoms with Crippen LogP contribution in [0.2, 0.25) is 0 Å². The molecule has 0 spiro atoms. The van der Waals surface area contributed by atoms with Gasteiger partial charge in [-0.05, 0) is 18.2 Å². The fourth-order valence-electron chi connectivity index (χ4n) is 2.71. The van der Waals surface area contributed by atoms with Gasteiger partial charge in [0.05, 0.1) is 6.07 Å². The van der Waals surface area contributed by atoms with Crippen molar-refractivity contribution in [3.63, 3.8) is 0 Å². The predicted molar refractivity (Wildman–Crippen MR) is 102 cm³/mol. The minimum absolute atomic E-state index is 0.225. The van der Waals surface area contributed by atoms with E-state index in [1.165, 1.54) is 17.1 Å². The van der Waals surface area contributed by atoms with Gasteiger partial charge in [0.1, 0.15) is 18.3 Å². The van der Waals surface area contributed by atoms with Gasteiger partial charge in [-0.15, -0.1) is 5.10 Å². The largest absolute Gasteiger partial charge is 0.421 e. The van der Waals surface area contributed by atoms with Crippen molar-refractivity contribution in [1.29, 1.82) is 5.26 Å². The maximum Gasteiger partial charge on any atom is 0.362 e. The molecular formula is C20H13N5O3. The van der Waals surface area contributed by atoms with Crippen molar-refractivity contribution in [2.24, 2.45) is 0 Å². The summed E-state index contributed by atoms with van der Waals surface area (Å²) in [5.74, 6) is 0.0625. The van der Waals surface area contributed by atoms with E-state index in [2.05, 4.69) is 15.4 Å². The number of carbonyl (C=O) groups is 1. The fourth-order valence-corrected chi connectivity index (χ4v) is 2.71. The molecule has 1 amide bonds. The number of benzene rings is 2. The second kappa shape index (κ2) is 7.17. The Balaban J connectivity index is 1.69. The van der Waals surface area contributed by atoms with Crippen molar-refractivity contribution >= 4 is 22.6 Å². The van der Waals surface area contributed by atoms with Crippen LogP contribution in [0.3, 0.4) is 0 Å². The van der Waals surface area contributed by atoms with Gasteiger partial charge in [0.2, 0.25) is 5.91 Å². The van der Waals surface area contributed by atoms with Crippen LogP contribution < -0.4 is 10.9 Å². The number of carbonyl (C=O) groups excluding carboxylic acids is 1. The maximum absolute atomic E-state index is 12.4. The summed E-state index contributed by atoms with van der Waals surface area (Å²) in [6, 6.07) is 17.7. The fraction of sp³-hybridized carbons (Fsp3) is 0.0500. The van der Waals surface area contributed by atoms with Gasteiger partial charge in [0, 0.05) is 22.7 Å². The number of anilines is 1. The number of rotatable bonds is 4. The molecule has 8 heteroatoms. The van der Waals surface area contributed by atoms with Crippen LogP contribution in [-0.2, 0) is 4.79 Å². The standard InChI is InChI=1S/C20H13N5O3/c21-9-8-18(26)23-15-7-6-14-10-16(20(27)28-17(14)11-15)25-12-22-19(24-25)13-4-2-1-3-5-13/h1-7,10-12H,8H2,(H,23,26). The molecule has 0 saturated heterocycles. The molecule has 1 N–H and O–H groups in total. The zero-order valence-electron chi connectivity index (χ0n) is 14.5. The molecule has 0 unspecified atom stereocenters. The van der Waals surface area contributed by atoms with Gasteiger partial charge in [-0.25, -0.2) is 14.5 Å². The van der Waals surface area contributed by atoms with Crippen LogP contribution in [0.15, 0.2) is 70.1 Å². The lowest BCUT2D eigenvalue weighted by Gasteiger charge is -2.05. The molecule has 0 aliphatic carbocycles. The van der Waals surface area contributed by atoms with Crippen LogP contribution in [0.1, 0.15) is 6.42 Å². The van der Waals surface area contributed by atoms with Crippen molar-refractivity contribution in [1.82, 2.24) is 14.8 Å². The van der Waals surface area contributed by atoms with Crippen molar-refractivity contribution < 1.29 is 9.21 Å². The number of hydrogen-bond acceptors (Lipinski definition) is 6. The summed E-state index contributed by atoms with van der Waals surface area (Å²) in [5, 5.41) is 16.1. The Labute approximate surface area is 158 Å². The highest BCUT2D eigenvalue weighted by Crippen LogP contribution is 2.21. The molecule has 136 valence electrons. The van der Waals surface area contributed by atoms with Gasteiger partial charge in [-0.1, -0.05) is 30.3 Å². The first-order valence-electron chi connectivity index (χ1n) is 8.36. The molecule has 0 bridgehead atoms. The van der Waals surface area contributed by atoms with Gasteiger partial charge < -0.3 is 9.73 Å². The minimum atomic E-state index is -0.586. The molecule has 8 nitrogen and oxygen atoms in total. The molecule has 0 aliphatic heterocycles. The summed E-state index contributed by atoms with van der Waals surface area (Å²) >= 11 is 0. The highest BCUT2D eigenvalue weighted by Gasteiger charge is 2.12. The molecule has 0 aliphatic rings. The molecule has 0 atom stereocenters. The molecule has 0 fully saturated rings. The Morgan fingerprint density at radius 1 is 1.18 bits per heavy atom. The molecule has 2 aromatic carbocycles. The Morgan fingerprint density at radius 3 is 2.79 bits per heavy atom. The van der Waals surface area contributed by atoms with Gasteiger partial charge in [0.15, 0.2) is 11.5 Å². The van der Waals surface area contributed by atoms with Gasteiger partial charge >= 0.3 is 5.63 Å². The summed E-state index contributed by atoms with van der Waals surface area (Å²) < 4.78 is 6.76. The monoisotopic (exact) mass is 371 g/mol. The van der Waals surface area contributed by atoms with Crippen molar-refractivity contribution in [2.45, 2.75) is 6.42 Å². The summed E-state index contributed by atoms with van der Waals surface area (Å²) in [6.07, 6.45) is 1.20. The highest BCUT2D eigenvalue weighted by molar-refractivity contribution is 5.94. The van der Waals surface area contributed by atoms with Crippen LogP contribution in [0, 0.1) is 11.3 Å². The Kier molecular flexibility index (Phi) is 4.40. The van der Waals surface area contributed by atoms with Crippen LogP contribution >= 0.6 is 0 Å². The topological polar surface area (TPSA) is 114 Å². The highest BCUT2D eigenvalue weighted by atomic mass is 16.4. The first-order chi connectivity index (χ1) is 13.6. The Morgan fingerprint density at radius 2 is 2.00 bits per heavy atom. The van der Waals surface area contributed by atoms with Gasteiger partial charge in [-0.2, -0.15) is 5.26 Å². The molecule has 28 heavy (non-hydrogen) atoms. The van der Waals surface area contributed by atoms with Crippen LogP contribution in [-0.4, -0.2) is 20.7 Å². The summed E-state index contributed by atoms with van der Waals surface area (Å²) in [7, 11) is 0. The number of fused-ring (bicyclic) bond motifs is 1.